The van der Waals surface area contributed by atoms with Crippen LogP contribution in [0.15, 0.2) is 48.5 Å². The number of benzene rings is 2. The third-order valence-corrected chi connectivity index (χ3v) is 6.46. The van der Waals surface area contributed by atoms with Gasteiger partial charge in [-0.25, -0.2) is 4.79 Å². The van der Waals surface area contributed by atoms with E-state index in [9.17, 15) is 9.90 Å². The monoisotopic (exact) mass is 416 g/mol. The summed E-state index contributed by atoms with van der Waals surface area (Å²) in [5.41, 5.74) is 3.31. The number of hydrogen-bond acceptors (Lipinski definition) is 3. The molecule has 0 spiro atoms. The zero-order valence-electron chi connectivity index (χ0n) is 16.8. The molecular weight excluding hydrogens is 388 g/mol. The zero-order valence-corrected chi connectivity index (χ0v) is 17.5. The summed E-state index contributed by atoms with van der Waals surface area (Å²) in [7, 11) is 0. The predicted molar refractivity (Wildman–Crippen MR) is 115 cm³/mol. The van der Waals surface area contributed by atoms with E-state index in [0.29, 0.717) is 17.6 Å². The smallest absolute Gasteiger partial charge is 0.449 e. The summed E-state index contributed by atoms with van der Waals surface area (Å²) >= 11 is 6.67. The number of carbonyl (C=O) groups is 1. The molecule has 4 unspecified atom stereocenters. The maximum atomic E-state index is 10.7. The van der Waals surface area contributed by atoms with Crippen molar-refractivity contribution >= 4 is 17.8 Å². The Hall–Kier alpha value is -2.04. The summed E-state index contributed by atoms with van der Waals surface area (Å²) in [6, 6.07) is 15.6. The van der Waals surface area contributed by atoms with Gasteiger partial charge >= 0.3 is 6.16 Å². The minimum Gasteiger partial charge on any atom is -0.449 e. The van der Waals surface area contributed by atoms with Crippen molar-refractivity contribution in [3.05, 3.63) is 65.2 Å². The normalized spacial score (nSPS) is 22.4. The molecule has 0 aliphatic heterocycles. The molecule has 2 aromatic carbocycles. The predicted octanol–water partition coefficient (Wildman–Crippen LogP) is 6.31. The van der Waals surface area contributed by atoms with Crippen LogP contribution in [0.2, 0.25) is 0 Å². The van der Waals surface area contributed by atoms with Crippen LogP contribution >= 0.6 is 11.6 Å². The van der Waals surface area contributed by atoms with Crippen LogP contribution < -0.4 is 4.74 Å². The van der Waals surface area contributed by atoms with Crippen molar-refractivity contribution in [3.63, 3.8) is 0 Å². The van der Waals surface area contributed by atoms with E-state index in [2.05, 4.69) is 19.1 Å². The average molecular weight is 417 g/mol. The number of alkyl halides is 1. The highest BCUT2D eigenvalue weighted by molar-refractivity contribution is 6.21. The number of aliphatic hydroxyl groups is 1. The fraction of sp³-hybridized carbons (Fsp3) is 0.458. The molecule has 1 aliphatic carbocycles. The van der Waals surface area contributed by atoms with Gasteiger partial charge in [0.2, 0.25) is 0 Å². The van der Waals surface area contributed by atoms with Gasteiger partial charge in [-0.05, 0) is 72.8 Å². The van der Waals surface area contributed by atoms with E-state index in [0.717, 1.165) is 49.7 Å². The van der Waals surface area contributed by atoms with Crippen molar-refractivity contribution in [2.45, 2.75) is 62.8 Å². The Kier molecular flexibility index (Phi) is 7.57. The zero-order chi connectivity index (χ0) is 20.8. The molecular formula is C24H29ClO4. The van der Waals surface area contributed by atoms with Crippen LogP contribution in [0.3, 0.4) is 0 Å². The van der Waals surface area contributed by atoms with Crippen LogP contribution in [0.4, 0.5) is 4.79 Å². The molecule has 29 heavy (non-hydrogen) atoms. The molecule has 0 saturated heterocycles. The summed E-state index contributed by atoms with van der Waals surface area (Å²) in [5, 5.41) is 19.1. The number of carboxylic acid groups (broad SMARTS) is 1. The van der Waals surface area contributed by atoms with E-state index in [1.165, 1.54) is 5.56 Å². The Balaban J connectivity index is 1.66. The van der Waals surface area contributed by atoms with E-state index in [4.69, 9.17) is 21.4 Å². The van der Waals surface area contributed by atoms with Gasteiger partial charge in [-0.15, -0.1) is 11.6 Å². The Morgan fingerprint density at radius 2 is 1.97 bits per heavy atom. The van der Waals surface area contributed by atoms with Crippen molar-refractivity contribution in [1.82, 2.24) is 0 Å². The van der Waals surface area contributed by atoms with E-state index >= 15 is 0 Å². The molecule has 2 aromatic rings. The lowest BCUT2D eigenvalue weighted by molar-refractivity contribution is 0.144. The Bertz CT molecular complexity index is 805. The van der Waals surface area contributed by atoms with Gasteiger partial charge in [0.1, 0.15) is 5.75 Å². The van der Waals surface area contributed by atoms with Gasteiger partial charge in [0.05, 0.1) is 6.10 Å². The van der Waals surface area contributed by atoms with Crippen LogP contribution in [0.25, 0.3) is 0 Å². The fourth-order valence-corrected chi connectivity index (χ4v) is 4.85. The average Bonchev–Trinajstić information content (AvgIpc) is 3.07. The minimum atomic E-state index is -1.30. The van der Waals surface area contributed by atoms with Gasteiger partial charge in [-0.2, -0.15) is 0 Å². The molecule has 0 heterocycles. The first-order valence-electron chi connectivity index (χ1n) is 10.4. The van der Waals surface area contributed by atoms with Crippen molar-refractivity contribution in [2.24, 2.45) is 5.92 Å². The van der Waals surface area contributed by atoms with Crippen molar-refractivity contribution in [3.8, 4) is 5.75 Å². The van der Waals surface area contributed by atoms with Gasteiger partial charge < -0.3 is 14.9 Å². The van der Waals surface area contributed by atoms with Gasteiger partial charge in [0.15, 0.2) is 0 Å². The Morgan fingerprint density at radius 3 is 2.66 bits per heavy atom. The molecule has 156 valence electrons. The lowest BCUT2D eigenvalue weighted by atomic mass is 9.84. The van der Waals surface area contributed by atoms with E-state index in [1.807, 2.05) is 24.3 Å². The van der Waals surface area contributed by atoms with Crippen molar-refractivity contribution < 1.29 is 19.7 Å². The molecule has 2 N–H and O–H groups in total. The number of ether oxygens (including phenoxy) is 1. The van der Waals surface area contributed by atoms with Crippen molar-refractivity contribution in [1.29, 1.82) is 0 Å². The highest BCUT2D eigenvalue weighted by Crippen LogP contribution is 2.45. The first-order chi connectivity index (χ1) is 14.0. The maximum absolute atomic E-state index is 10.7. The van der Waals surface area contributed by atoms with E-state index in [1.54, 1.807) is 12.1 Å². The second kappa shape index (κ2) is 10.1. The van der Waals surface area contributed by atoms with Crippen LogP contribution in [0.1, 0.15) is 67.7 Å². The summed E-state index contributed by atoms with van der Waals surface area (Å²) in [5.74, 6) is 1.13. The molecule has 0 bridgehead atoms. The first-order valence-corrected chi connectivity index (χ1v) is 10.8. The molecule has 0 amide bonds. The molecule has 0 aromatic heterocycles. The molecule has 4 nitrogen and oxygen atoms in total. The maximum Gasteiger partial charge on any atom is 0.511 e. The van der Waals surface area contributed by atoms with Gasteiger partial charge in [-0.3, -0.25) is 0 Å². The quantitative estimate of drug-likeness (QED) is 0.300. The first kappa shape index (κ1) is 21.7. The second-order valence-electron chi connectivity index (χ2n) is 7.89. The van der Waals surface area contributed by atoms with Crippen LogP contribution in [-0.4, -0.2) is 21.7 Å². The number of aryl methyl sites for hydroxylation is 1. The van der Waals surface area contributed by atoms with E-state index in [-0.39, 0.29) is 5.38 Å². The largest absolute Gasteiger partial charge is 0.511 e. The number of aliphatic hydroxyl groups excluding tert-OH is 1. The third-order valence-electron chi connectivity index (χ3n) is 5.92. The van der Waals surface area contributed by atoms with Gasteiger partial charge in [0.25, 0.3) is 0 Å². The van der Waals surface area contributed by atoms with Crippen LogP contribution in [-0.2, 0) is 6.42 Å². The van der Waals surface area contributed by atoms with Gasteiger partial charge in [-0.1, -0.05) is 49.7 Å². The molecule has 1 aliphatic rings. The minimum absolute atomic E-state index is 0.142. The fourth-order valence-electron chi connectivity index (χ4n) is 4.42. The number of halogens is 1. The lowest BCUT2D eigenvalue weighted by Gasteiger charge is -2.23. The molecule has 5 heteroatoms. The summed E-state index contributed by atoms with van der Waals surface area (Å²) in [6.45, 7) is 2.07. The SMILES string of the molecule is CCCC(O)c1ccc(C2CCC(Cl)C2CCc2cccc(OC(=O)O)c2)cc1. The summed E-state index contributed by atoms with van der Waals surface area (Å²) < 4.78 is 4.76. The highest BCUT2D eigenvalue weighted by Gasteiger charge is 2.35. The van der Waals surface area contributed by atoms with Crippen LogP contribution in [0, 0.1) is 5.92 Å². The number of hydrogen-bond donors (Lipinski definition) is 2. The molecule has 1 fully saturated rings. The Morgan fingerprint density at radius 1 is 1.21 bits per heavy atom. The molecule has 4 atom stereocenters. The van der Waals surface area contributed by atoms with E-state index < -0.39 is 12.3 Å². The molecule has 1 saturated carbocycles. The summed E-state index contributed by atoms with van der Waals surface area (Å²) in [6.07, 6.45) is 3.88. The topological polar surface area (TPSA) is 66.8 Å². The number of rotatable bonds is 8. The third kappa shape index (κ3) is 5.74. The second-order valence-corrected chi connectivity index (χ2v) is 8.45. The van der Waals surface area contributed by atoms with Crippen LogP contribution in [0.5, 0.6) is 5.75 Å². The standard InChI is InChI=1S/C24H29ClO4/c1-2-4-23(26)18-10-8-17(9-11-18)20-13-14-22(25)21(20)12-7-16-5-3-6-19(15-16)29-24(27)28/h3,5-6,8-11,15,20-23,26H,2,4,7,12-14H2,1H3,(H,27,28). The lowest BCUT2D eigenvalue weighted by Crippen LogP contribution is -2.15. The highest BCUT2D eigenvalue weighted by atomic mass is 35.5. The Labute approximate surface area is 177 Å². The van der Waals surface area contributed by atoms with Crippen molar-refractivity contribution in [2.75, 3.05) is 0 Å². The molecule has 0 radical (unpaired) electrons. The summed E-state index contributed by atoms with van der Waals surface area (Å²) in [4.78, 5) is 10.7. The van der Waals surface area contributed by atoms with Gasteiger partial charge in [0, 0.05) is 5.38 Å². The molecule has 3 rings (SSSR count).